The molecule has 1 fully saturated rings. The fourth-order valence-electron chi connectivity index (χ4n) is 4.17. The number of halogens is 1. The number of nitrogens with one attached hydrogen (secondary N) is 2. The van der Waals surface area contributed by atoms with Crippen LogP contribution in [0.25, 0.3) is 0 Å². The van der Waals surface area contributed by atoms with Crippen LogP contribution < -0.4 is 19.9 Å². The molecule has 0 saturated carbocycles. The third-order valence-electron chi connectivity index (χ3n) is 6.00. The quantitative estimate of drug-likeness (QED) is 0.597. The molecule has 1 saturated heterocycles. The zero-order valence-corrected chi connectivity index (χ0v) is 18.1. The number of amides is 1. The molecule has 1 unspecified atom stereocenters. The molecule has 1 amide bonds. The van der Waals surface area contributed by atoms with Crippen molar-refractivity contribution in [3.8, 4) is 5.75 Å². The molecule has 1 aliphatic heterocycles. The van der Waals surface area contributed by atoms with Crippen molar-refractivity contribution in [1.29, 1.82) is 0 Å². The minimum Gasteiger partial charge on any atom is -0.497 e. The van der Waals surface area contributed by atoms with Gasteiger partial charge in [0.1, 0.15) is 17.6 Å². The lowest BCUT2D eigenvalue weighted by Gasteiger charge is -2.37. The summed E-state index contributed by atoms with van der Waals surface area (Å²) < 4.78 is 18.4. The zero-order chi connectivity index (χ0) is 22.3. The maximum Gasteiger partial charge on any atom is 0.251 e. The molecule has 1 aliphatic rings. The van der Waals surface area contributed by atoms with Crippen molar-refractivity contribution in [1.82, 2.24) is 10.3 Å². The van der Waals surface area contributed by atoms with Gasteiger partial charge in [0, 0.05) is 29.2 Å². The highest BCUT2D eigenvalue weighted by atomic mass is 19.1. The maximum atomic E-state index is 13.3. The first-order valence-corrected chi connectivity index (χ1v) is 10.8. The lowest BCUT2D eigenvalue weighted by Crippen LogP contribution is -3.15. The average molecular weight is 436 g/mol. The van der Waals surface area contributed by atoms with Crippen molar-refractivity contribution >= 4 is 11.6 Å². The Hall–Kier alpha value is -3.45. The van der Waals surface area contributed by atoms with Gasteiger partial charge in [-0.25, -0.2) is 4.39 Å². The minimum atomic E-state index is -0.220. The molecular weight excluding hydrogens is 407 g/mol. The topological polar surface area (TPSA) is 58.9 Å². The molecule has 166 valence electrons. The van der Waals surface area contributed by atoms with Crippen LogP contribution in [0.3, 0.4) is 0 Å². The highest BCUT2D eigenvalue weighted by Gasteiger charge is 2.29. The first kappa shape index (κ1) is 21.8. The fraction of sp³-hybridized carbons (Fsp3) is 0.280. The van der Waals surface area contributed by atoms with E-state index < -0.39 is 0 Å². The van der Waals surface area contributed by atoms with Crippen LogP contribution in [0.1, 0.15) is 22.0 Å². The van der Waals surface area contributed by atoms with E-state index in [1.54, 1.807) is 37.6 Å². The number of benzene rings is 2. The fourth-order valence-corrected chi connectivity index (χ4v) is 4.17. The number of quaternary nitrogens is 1. The van der Waals surface area contributed by atoms with Crippen LogP contribution in [0.2, 0.25) is 0 Å². The second kappa shape index (κ2) is 10.2. The molecule has 1 atom stereocenters. The van der Waals surface area contributed by atoms with E-state index in [0.717, 1.165) is 43.2 Å². The summed E-state index contributed by atoms with van der Waals surface area (Å²) in [7, 11) is 1.60. The van der Waals surface area contributed by atoms with Crippen LogP contribution in [0, 0.1) is 5.82 Å². The van der Waals surface area contributed by atoms with Crippen LogP contribution in [-0.2, 0) is 0 Å². The van der Waals surface area contributed by atoms with Gasteiger partial charge < -0.3 is 19.9 Å². The number of anilines is 1. The first-order chi connectivity index (χ1) is 15.6. The predicted octanol–water partition coefficient (Wildman–Crippen LogP) is 2.11. The molecule has 0 aliphatic carbocycles. The highest BCUT2D eigenvalue weighted by Crippen LogP contribution is 2.16. The Morgan fingerprint density at radius 1 is 1.12 bits per heavy atom. The van der Waals surface area contributed by atoms with E-state index >= 15 is 0 Å². The third-order valence-corrected chi connectivity index (χ3v) is 6.00. The molecule has 0 radical (unpaired) electrons. The van der Waals surface area contributed by atoms with Crippen molar-refractivity contribution in [3.63, 3.8) is 0 Å². The molecule has 2 aromatic carbocycles. The van der Waals surface area contributed by atoms with Gasteiger partial charge in [0.2, 0.25) is 0 Å². The number of carbonyl (C=O) groups is 1. The number of aromatic nitrogens is 1. The Morgan fingerprint density at radius 3 is 2.47 bits per heavy atom. The zero-order valence-electron chi connectivity index (χ0n) is 18.1. The molecule has 1 aromatic heterocycles. The second-order valence-corrected chi connectivity index (χ2v) is 7.90. The second-order valence-electron chi connectivity index (χ2n) is 7.90. The third kappa shape index (κ3) is 5.23. The maximum absolute atomic E-state index is 13.3. The van der Waals surface area contributed by atoms with Gasteiger partial charge in [-0.15, -0.1) is 0 Å². The van der Waals surface area contributed by atoms with Gasteiger partial charge in [0.25, 0.3) is 5.91 Å². The van der Waals surface area contributed by atoms with E-state index in [4.69, 9.17) is 4.74 Å². The summed E-state index contributed by atoms with van der Waals surface area (Å²) in [6.07, 6.45) is 3.64. The highest BCUT2D eigenvalue weighted by molar-refractivity contribution is 5.94. The van der Waals surface area contributed by atoms with E-state index in [2.05, 4.69) is 21.3 Å². The van der Waals surface area contributed by atoms with Gasteiger partial charge in [0.15, 0.2) is 0 Å². The summed E-state index contributed by atoms with van der Waals surface area (Å²) in [6, 6.07) is 17.9. The molecular formula is C25H28FN4O2+. The van der Waals surface area contributed by atoms with Crippen LogP contribution in [0.5, 0.6) is 5.75 Å². The van der Waals surface area contributed by atoms with Crippen molar-refractivity contribution in [3.05, 3.63) is 90.0 Å². The van der Waals surface area contributed by atoms with E-state index in [1.165, 1.54) is 17.0 Å². The Labute approximate surface area is 187 Å². The number of nitrogens with zero attached hydrogens (tertiary/aromatic N) is 2. The van der Waals surface area contributed by atoms with Crippen LogP contribution in [-0.4, -0.2) is 50.7 Å². The van der Waals surface area contributed by atoms with Crippen LogP contribution >= 0.6 is 0 Å². The number of rotatable bonds is 7. The lowest BCUT2D eigenvalue weighted by molar-refractivity contribution is -0.931. The Balaban J connectivity index is 1.42. The summed E-state index contributed by atoms with van der Waals surface area (Å²) in [6.45, 7) is 4.07. The monoisotopic (exact) mass is 435 g/mol. The molecule has 32 heavy (non-hydrogen) atoms. The number of pyridine rings is 1. The van der Waals surface area contributed by atoms with Gasteiger partial charge in [-0.1, -0.05) is 0 Å². The van der Waals surface area contributed by atoms with Gasteiger partial charge in [-0.05, 0) is 60.7 Å². The summed E-state index contributed by atoms with van der Waals surface area (Å²) in [5.74, 6) is 0.395. The van der Waals surface area contributed by atoms with Gasteiger partial charge in [0.05, 0.1) is 39.8 Å². The van der Waals surface area contributed by atoms with Crippen molar-refractivity contribution in [2.24, 2.45) is 0 Å². The number of piperazine rings is 1. The van der Waals surface area contributed by atoms with Gasteiger partial charge in [-0.3, -0.25) is 9.78 Å². The average Bonchev–Trinajstić information content (AvgIpc) is 2.86. The summed E-state index contributed by atoms with van der Waals surface area (Å²) >= 11 is 0. The normalized spacial score (nSPS) is 15.2. The molecule has 4 rings (SSSR count). The number of methoxy groups -OCH3 is 1. The van der Waals surface area contributed by atoms with Crippen LogP contribution in [0.15, 0.2) is 73.1 Å². The molecule has 3 aromatic rings. The molecule has 0 spiro atoms. The van der Waals surface area contributed by atoms with Crippen molar-refractivity contribution < 1.29 is 18.8 Å². The Morgan fingerprint density at radius 2 is 1.84 bits per heavy atom. The molecule has 2 heterocycles. The smallest absolute Gasteiger partial charge is 0.251 e. The van der Waals surface area contributed by atoms with Crippen LogP contribution in [0.4, 0.5) is 10.1 Å². The van der Waals surface area contributed by atoms with Gasteiger partial charge >= 0.3 is 0 Å². The molecule has 0 bridgehead atoms. The SMILES string of the molecule is COc1ccc(C(=O)NCC(c2cccnc2)[NH+]2CCN(c3ccc(F)cc3)CC2)cc1. The summed E-state index contributed by atoms with van der Waals surface area (Å²) in [5.41, 5.74) is 2.75. The number of ether oxygens (including phenoxy) is 1. The van der Waals surface area contributed by atoms with E-state index in [9.17, 15) is 9.18 Å². The molecule has 2 N–H and O–H groups in total. The number of hydrogen-bond donors (Lipinski definition) is 2. The van der Waals surface area contributed by atoms with Gasteiger partial charge in [-0.2, -0.15) is 0 Å². The standard InChI is InChI=1S/C25H27FN4O2/c1-32-23-10-4-19(5-11-23)25(31)28-18-24(20-3-2-12-27-17-20)30-15-13-29(14-16-30)22-8-6-21(26)7-9-22/h2-12,17,24H,13-16,18H2,1H3,(H,28,31)/p+1. The largest absolute Gasteiger partial charge is 0.497 e. The minimum absolute atomic E-state index is 0.0984. The number of carbonyl (C=O) groups excluding carboxylic acids is 1. The van der Waals surface area contributed by atoms with Crippen molar-refractivity contribution in [2.75, 3.05) is 44.7 Å². The lowest BCUT2D eigenvalue weighted by atomic mass is 10.1. The summed E-state index contributed by atoms with van der Waals surface area (Å²) in [4.78, 5) is 20.7. The van der Waals surface area contributed by atoms with Crippen molar-refractivity contribution in [2.45, 2.75) is 6.04 Å². The summed E-state index contributed by atoms with van der Waals surface area (Å²) in [5, 5.41) is 3.10. The number of hydrogen-bond acceptors (Lipinski definition) is 4. The first-order valence-electron chi connectivity index (χ1n) is 10.8. The van der Waals surface area contributed by atoms with E-state index in [0.29, 0.717) is 12.1 Å². The molecule has 7 heteroatoms. The van der Waals surface area contributed by atoms with E-state index in [1.807, 2.05) is 24.4 Å². The Kier molecular flexibility index (Phi) is 6.97. The molecule has 6 nitrogen and oxygen atoms in total. The Bertz CT molecular complexity index is 1000. The predicted molar refractivity (Wildman–Crippen MR) is 122 cm³/mol. The van der Waals surface area contributed by atoms with E-state index in [-0.39, 0.29) is 17.8 Å².